The largest absolute Gasteiger partial charge is 0.306 e. The van der Waals surface area contributed by atoms with Crippen molar-refractivity contribution in [1.29, 1.82) is 0 Å². The van der Waals surface area contributed by atoms with Gasteiger partial charge in [0.1, 0.15) is 0 Å². The normalized spacial score (nSPS) is 12.7. The van der Waals surface area contributed by atoms with Crippen molar-refractivity contribution in [2.24, 2.45) is 7.05 Å². The average molecular weight is 257 g/mol. The maximum atomic E-state index is 4.45. The van der Waals surface area contributed by atoms with Crippen LogP contribution in [0.4, 0.5) is 0 Å². The van der Waals surface area contributed by atoms with Gasteiger partial charge in [0.15, 0.2) is 0 Å². The first kappa shape index (κ1) is 13.8. The van der Waals surface area contributed by atoms with E-state index in [0.29, 0.717) is 6.04 Å². The van der Waals surface area contributed by atoms with Gasteiger partial charge in [0.25, 0.3) is 0 Å². The van der Waals surface area contributed by atoms with Crippen LogP contribution in [0.15, 0.2) is 24.3 Å². The highest BCUT2D eigenvalue weighted by atomic mass is 15.3. The van der Waals surface area contributed by atoms with E-state index >= 15 is 0 Å². The summed E-state index contributed by atoms with van der Waals surface area (Å²) in [5, 5.41) is 8.03. The Bertz CT molecular complexity index is 552. The predicted molar refractivity (Wildman–Crippen MR) is 79.1 cm³/mol. The lowest BCUT2D eigenvalue weighted by molar-refractivity contribution is 0.571. The monoisotopic (exact) mass is 257 g/mol. The van der Waals surface area contributed by atoms with E-state index in [-0.39, 0.29) is 0 Å². The second-order valence-electron chi connectivity index (χ2n) is 5.29. The van der Waals surface area contributed by atoms with Crippen molar-refractivity contribution in [1.82, 2.24) is 15.1 Å². The zero-order valence-corrected chi connectivity index (χ0v) is 12.5. The highest BCUT2D eigenvalue weighted by Gasteiger charge is 2.11. The molecule has 2 rings (SSSR count). The SMILES string of the molecule is Cc1ccc(C(C)NCc2c(C)nn(C)c2C)cc1. The van der Waals surface area contributed by atoms with Gasteiger partial charge in [-0.15, -0.1) is 0 Å². The highest BCUT2D eigenvalue weighted by Crippen LogP contribution is 2.16. The van der Waals surface area contributed by atoms with Gasteiger partial charge in [-0.3, -0.25) is 4.68 Å². The van der Waals surface area contributed by atoms with E-state index in [1.54, 1.807) is 0 Å². The summed E-state index contributed by atoms with van der Waals surface area (Å²) >= 11 is 0. The minimum atomic E-state index is 0.347. The van der Waals surface area contributed by atoms with E-state index < -0.39 is 0 Å². The molecule has 1 aromatic heterocycles. The van der Waals surface area contributed by atoms with E-state index in [0.717, 1.165) is 12.2 Å². The predicted octanol–water partition coefficient (Wildman–Crippen LogP) is 3.20. The number of aromatic nitrogens is 2. The minimum Gasteiger partial charge on any atom is -0.306 e. The van der Waals surface area contributed by atoms with Crippen LogP contribution in [0.25, 0.3) is 0 Å². The summed E-state index contributed by atoms with van der Waals surface area (Å²) < 4.78 is 1.95. The Morgan fingerprint density at radius 1 is 1.16 bits per heavy atom. The molecule has 0 bridgehead atoms. The molecule has 0 radical (unpaired) electrons. The van der Waals surface area contributed by atoms with Crippen molar-refractivity contribution < 1.29 is 0 Å². The minimum absolute atomic E-state index is 0.347. The van der Waals surface area contributed by atoms with Crippen LogP contribution in [-0.4, -0.2) is 9.78 Å². The first-order chi connectivity index (χ1) is 8.99. The molecule has 0 aliphatic rings. The molecule has 0 fully saturated rings. The summed E-state index contributed by atoms with van der Waals surface area (Å²) in [6.07, 6.45) is 0. The van der Waals surface area contributed by atoms with E-state index in [9.17, 15) is 0 Å². The Morgan fingerprint density at radius 3 is 2.32 bits per heavy atom. The second-order valence-corrected chi connectivity index (χ2v) is 5.29. The molecule has 3 heteroatoms. The number of benzene rings is 1. The molecule has 0 saturated carbocycles. The molecule has 1 heterocycles. The zero-order valence-electron chi connectivity index (χ0n) is 12.5. The molecule has 1 N–H and O–H groups in total. The molecule has 0 amide bonds. The average Bonchev–Trinajstić information content (AvgIpc) is 2.62. The summed E-state index contributed by atoms with van der Waals surface area (Å²) in [5.41, 5.74) is 6.28. The van der Waals surface area contributed by atoms with Crippen molar-refractivity contribution >= 4 is 0 Å². The topological polar surface area (TPSA) is 29.9 Å². The van der Waals surface area contributed by atoms with Gasteiger partial charge in [0.05, 0.1) is 5.69 Å². The summed E-state index contributed by atoms with van der Waals surface area (Å²) in [5.74, 6) is 0. The second kappa shape index (κ2) is 5.57. The fraction of sp³-hybridized carbons (Fsp3) is 0.438. The van der Waals surface area contributed by atoms with Gasteiger partial charge in [-0.05, 0) is 33.3 Å². The van der Waals surface area contributed by atoms with Crippen LogP contribution in [0, 0.1) is 20.8 Å². The third-order valence-corrected chi connectivity index (χ3v) is 3.82. The van der Waals surface area contributed by atoms with Crippen LogP contribution in [0.1, 0.15) is 41.0 Å². The molecule has 0 aliphatic heterocycles. The Balaban J connectivity index is 2.04. The van der Waals surface area contributed by atoms with E-state index in [1.165, 1.54) is 22.4 Å². The Morgan fingerprint density at radius 2 is 1.79 bits per heavy atom. The molecule has 0 aliphatic carbocycles. The number of rotatable bonds is 4. The van der Waals surface area contributed by atoms with Crippen molar-refractivity contribution in [3.8, 4) is 0 Å². The third-order valence-electron chi connectivity index (χ3n) is 3.82. The maximum Gasteiger partial charge on any atom is 0.0641 e. The molecule has 19 heavy (non-hydrogen) atoms. The van der Waals surface area contributed by atoms with Gasteiger partial charge in [0.2, 0.25) is 0 Å². The van der Waals surface area contributed by atoms with Crippen LogP contribution in [0.3, 0.4) is 0 Å². The summed E-state index contributed by atoms with van der Waals surface area (Å²) in [4.78, 5) is 0. The molecule has 3 nitrogen and oxygen atoms in total. The molecule has 1 aromatic carbocycles. The van der Waals surface area contributed by atoms with Crippen LogP contribution >= 0.6 is 0 Å². The van der Waals surface area contributed by atoms with E-state index in [4.69, 9.17) is 0 Å². The van der Waals surface area contributed by atoms with Crippen LogP contribution in [0.5, 0.6) is 0 Å². The molecular weight excluding hydrogens is 234 g/mol. The first-order valence-corrected chi connectivity index (χ1v) is 6.78. The molecule has 0 saturated heterocycles. The molecule has 0 spiro atoms. The first-order valence-electron chi connectivity index (χ1n) is 6.78. The highest BCUT2D eigenvalue weighted by molar-refractivity contribution is 5.26. The zero-order chi connectivity index (χ0) is 14.0. The molecular formula is C16H23N3. The van der Waals surface area contributed by atoms with E-state index in [1.807, 2.05) is 11.7 Å². The van der Waals surface area contributed by atoms with Gasteiger partial charge >= 0.3 is 0 Å². The Hall–Kier alpha value is -1.61. The summed E-state index contributed by atoms with van der Waals surface area (Å²) in [6.45, 7) is 9.37. The lowest BCUT2D eigenvalue weighted by Crippen LogP contribution is -2.18. The third kappa shape index (κ3) is 3.04. The van der Waals surface area contributed by atoms with Gasteiger partial charge < -0.3 is 5.32 Å². The van der Waals surface area contributed by atoms with Gasteiger partial charge in [0, 0.05) is 30.9 Å². The van der Waals surface area contributed by atoms with Crippen LogP contribution in [-0.2, 0) is 13.6 Å². The number of nitrogens with one attached hydrogen (secondary N) is 1. The molecule has 1 atom stereocenters. The quantitative estimate of drug-likeness (QED) is 0.911. The standard InChI is InChI=1S/C16H23N3/c1-11-6-8-15(9-7-11)12(2)17-10-16-13(3)18-19(5)14(16)4/h6-9,12,17H,10H2,1-5H3. The maximum absolute atomic E-state index is 4.45. The van der Waals surface area contributed by atoms with Crippen LogP contribution in [0.2, 0.25) is 0 Å². The molecule has 2 aromatic rings. The molecule has 1 unspecified atom stereocenters. The van der Waals surface area contributed by atoms with Crippen molar-refractivity contribution in [3.63, 3.8) is 0 Å². The number of nitrogens with zero attached hydrogens (tertiary/aromatic N) is 2. The van der Waals surface area contributed by atoms with Gasteiger partial charge in [-0.2, -0.15) is 5.10 Å². The van der Waals surface area contributed by atoms with E-state index in [2.05, 4.69) is 62.4 Å². The molecule has 102 valence electrons. The fourth-order valence-corrected chi connectivity index (χ4v) is 2.30. The number of aryl methyl sites for hydroxylation is 3. The summed E-state index contributed by atoms with van der Waals surface area (Å²) in [7, 11) is 2.00. The van der Waals surface area contributed by atoms with Crippen molar-refractivity contribution in [3.05, 3.63) is 52.3 Å². The van der Waals surface area contributed by atoms with Crippen molar-refractivity contribution in [2.75, 3.05) is 0 Å². The Kier molecular flexibility index (Phi) is 4.05. The number of hydrogen-bond acceptors (Lipinski definition) is 2. The summed E-state index contributed by atoms with van der Waals surface area (Å²) in [6, 6.07) is 9.05. The van der Waals surface area contributed by atoms with Gasteiger partial charge in [-0.25, -0.2) is 0 Å². The van der Waals surface area contributed by atoms with Crippen molar-refractivity contribution in [2.45, 2.75) is 40.3 Å². The lowest BCUT2D eigenvalue weighted by Gasteiger charge is -2.14. The number of hydrogen-bond donors (Lipinski definition) is 1. The van der Waals surface area contributed by atoms with Crippen LogP contribution < -0.4 is 5.32 Å². The smallest absolute Gasteiger partial charge is 0.0641 e. The fourth-order valence-electron chi connectivity index (χ4n) is 2.30. The Labute approximate surface area is 115 Å². The lowest BCUT2D eigenvalue weighted by atomic mass is 10.1. The van der Waals surface area contributed by atoms with Gasteiger partial charge in [-0.1, -0.05) is 29.8 Å².